The summed E-state index contributed by atoms with van der Waals surface area (Å²) in [6, 6.07) is 1.21. The maximum Gasteiger partial charge on any atom is 0.253 e. The number of ether oxygens (including phenoxy) is 1. The molecule has 1 aromatic heterocycles. The molecule has 0 saturated carbocycles. The molecule has 104 valence electrons. The minimum atomic E-state index is -0.331. The lowest BCUT2D eigenvalue weighted by Crippen LogP contribution is -2.44. The number of thioether (sulfide) groups is 1. The number of H-pyrrole nitrogens is 1. The molecular weight excluding hydrogens is 268 g/mol. The number of morpholine rings is 1. The fourth-order valence-electron chi connectivity index (χ4n) is 1.77. The monoisotopic (exact) mass is 284 g/mol. The number of carbonyl (C=O) groups excluding carboxylic acids is 1. The third-order valence-electron chi connectivity index (χ3n) is 2.70. The fraction of sp³-hybridized carbons (Fsp3) is 0.545. The number of carbonyl (C=O) groups is 1. The summed E-state index contributed by atoms with van der Waals surface area (Å²) < 4.78 is 5.20. The van der Waals surface area contributed by atoms with Crippen molar-refractivity contribution in [3.8, 4) is 0 Å². The van der Waals surface area contributed by atoms with Crippen LogP contribution < -0.4 is 11.3 Å². The van der Waals surface area contributed by atoms with Crippen LogP contribution in [0.25, 0.3) is 0 Å². The molecule has 1 atom stereocenters. The SMILES string of the molecule is C[C@H](Sc1nc(N)cc(=O)[nH]1)C(=O)N1CCOCC1. The maximum atomic E-state index is 12.2. The minimum Gasteiger partial charge on any atom is -0.383 e. The van der Waals surface area contributed by atoms with Crippen LogP contribution in [-0.2, 0) is 9.53 Å². The Bertz CT molecular complexity index is 513. The highest BCUT2D eigenvalue weighted by Gasteiger charge is 2.23. The van der Waals surface area contributed by atoms with E-state index in [1.54, 1.807) is 11.8 Å². The van der Waals surface area contributed by atoms with Gasteiger partial charge in [-0.15, -0.1) is 0 Å². The molecule has 0 bridgehead atoms. The van der Waals surface area contributed by atoms with E-state index in [0.29, 0.717) is 31.5 Å². The van der Waals surface area contributed by atoms with Crippen molar-refractivity contribution < 1.29 is 9.53 Å². The van der Waals surface area contributed by atoms with Crippen LogP contribution in [-0.4, -0.2) is 52.3 Å². The summed E-state index contributed by atoms with van der Waals surface area (Å²) in [5, 5.41) is 0.0298. The van der Waals surface area contributed by atoms with Crippen molar-refractivity contribution in [1.82, 2.24) is 14.9 Å². The molecule has 8 heteroatoms. The second-order valence-electron chi connectivity index (χ2n) is 4.17. The van der Waals surface area contributed by atoms with Crippen LogP contribution in [0.3, 0.4) is 0 Å². The highest BCUT2D eigenvalue weighted by atomic mass is 32.2. The quantitative estimate of drug-likeness (QED) is 0.583. The molecule has 7 nitrogen and oxygen atoms in total. The summed E-state index contributed by atoms with van der Waals surface area (Å²) in [5.41, 5.74) is 5.18. The first-order valence-electron chi connectivity index (χ1n) is 5.96. The van der Waals surface area contributed by atoms with Crippen LogP contribution in [0.15, 0.2) is 16.0 Å². The van der Waals surface area contributed by atoms with Gasteiger partial charge in [-0.05, 0) is 6.92 Å². The molecule has 2 heterocycles. The first-order chi connectivity index (χ1) is 9.06. The van der Waals surface area contributed by atoms with Crippen LogP contribution in [0.5, 0.6) is 0 Å². The molecule has 1 aliphatic heterocycles. The van der Waals surface area contributed by atoms with Crippen molar-refractivity contribution in [2.45, 2.75) is 17.3 Å². The number of amides is 1. The van der Waals surface area contributed by atoms with Gasteiger partial charge in [0.05, 0.1) is 18.5 Å². The topological polar surface area (TPSA) is 101 Å². The lowest BCUT2D eigenvalue weighted by Gasteiger charge is -2.28. The third kappa shape index (κ3) is 3.71. The Kier molecular flexibility index (Phi) is 4.43. The molecule has 3 N–H and O–H groups in total. The van der Waals surface area contributed by atoms with Gasteiger partial charge in [-0.3, -0.25) is 9.59 Å². The van der Waals surface area contributed by atoms with Crippen molar-refractivity contribution in [2.75, 3.05) is 32.0 Å². The third-order valence-corrected chi connectivity index (χ3v) is 3.67. The summed E-state index contributed by atoms with van der Waals surface area (Å²) in [5.74, 6) is 0.163. The molecule has 0 spiro atoms. The smallest absolute Gasteiger partial charge is 0.253 e. The van der Waals surface area contributed by atoms with Gasteiger partial charge in [0.15, 0.2) is 5.16 Å². The highest BCUT2D eigenvalue weighted by Crippen LogP contribution is 2.20. The highest BCUT2D eigenvalue weighted by molar-refractivity contribution is 8.00. The number of hydrogen-bond donors (Lipinski definition) is 2. The van der Waals surface area contributed by atoms with Gasteiger partial charge in [0.1, 0.15) is 5.82 Å². The molecule has 1 saturated heterocycles. The number of anilines is 1. The molecule has 19 heavy (non-hydrogen) atoms. The Labute approximate surface area is 114 Å². The number of aromatic nitrogens is 2. The maximum absolute atomic E-state index is 12.2. The van der Waals surface area contributed by atoms with E-state index in [1.165, 1.54) is 17.8 Å². The van der Waals surface area contributed by atoms with Crippen LogP contribution in [0, 0.1) is 0 Å². The number of aromatic amines is 1. The van der Waals surface area contributed by atoms with E-state index in [0.717, 1.165) is 0 Å². The molecule has 1 amide bonds. The number of nitrogens with two attached hydrogens (primary N) is 1. The molecule has 2 rings (SSSR count). The number of nitrogens with zero attached hydrogens (tertiary/aromatic N) is 2. The summed E-state index contributed by atoms with van der Waals surface area (Å²) in [7, 11) is 0. The molecule has 0 aliphatic carbocycles. The van der Waals surface area contributed by atoms with Gasteiger partial charge in [-0.2, -0.15) is 0 Å². The van der Waals surface area contributed by atoms with Crippen molar-refractivity contribution in [2.24, 2.45) is 0 Å². The zero-order chi connectivity index (χ0) is 13.8. The Balaban J connectivity index is 2.01. The molecule has 1 aromatic rings. The van der Waals surface area contributed by atoms with Crippen LogP contribution in [0.1, 0.15) is 6.92 Å². The standard InChI is InChI=1S/C11H16N4O3S/c1-7(10(17)15-2-4-18-5-3-15)19-11-13-8(12)6-9(16)14-11/h6-7H,2-5H2,1H3,(H3,12,13,14,16)/t7-/m0/s1. The van der Waals surface area contributed by atoms with Crippen LogP contribution in [0.4, 0.5) is 5.82 Å². The second-order valence-corrected chi connectivity index (χ2v) is 5.50. The van der Waals surface area contributed by atoms with Crippen molar-refractivity contribution in [1.29, 1.82) is 0 Å². The zero-order valence-corrected chi connectivity index (χ0v) is 11.4. The number of hydrogen-bond acceptors (Lipinski definition) is 6. The predicted octanol–water partition coefficient (Wildman–Crippen LogP) is -0.308. The average Bonchev–Trinajstić information content (AvgIpc) is 2.37. The van der Waals surface area contributed by atoms with Gasteiger partial charge in [0, 0.05) is 19.2 Å². The summed E-state index contributed by atoms with van der Waals surface area (Å²) in [6.45, 7) is 4.12. The van der Waals surface area contributed by atoms with Crippen LogP contribution >= 0.6 is 11.8 Å². The van der Waals surface area contributed by atoms with E-state index in [9.17, 15) is 9.59 Å². The molecule has 1 aliphatic rings. The lowest BCUT2D eigenvalue weighted by molar-refractivity contribution is -0.134. The van der Waals surface area contributed by atoms with Gasteiger partial charge in [0.2, 0.25) is 5.91 Å². The Morgan fingerprint density at radius 2 is 2.26 bits per heavy atom. The van der Waals surface area contributed by atoms with E-state index in [-0.39, 0.29) is 22.5 Å². The first-order valence-corrected chi connectivity index (χ1v) is 6.84. The summed E-state index contributed by atoms with van der Waals surface area (Å²) >= 11 is 1.19. The molecular formula is C11H16N4O3S. The Hall–Kier alpha value is -1.54. The van der Waals surface area contributed by atoms with Gasteiger partial charge < -0.3 is 20.4 Å². The van der Waals surface area contributed by atoms with E-state index >= 15 is 0 Å². The van der Waals surface area contributed by atoms with Gasteiger partial charge in [-0.1, -0.05) is 11.8 Å². The zero-order valence-electron chi connectivity index (χ0n) is 10.6. The van der Waals surface area contributed by atoms with Crippen molar-refractivity contribution in [3.63, 3.8) is 0 Å². The van der Waals surface area contributed by atoms with E-state index in [2.05, 4.69) is 9.97 Å². The molecule has 0 unspecified atom stereocenters. The molecule has 0 radical (unpaired) electrons. The van der Waals surface area contributed by atoms with Crippen molar-refractivity contribution >= 4 is 23.5 Å². The van der Waals surface area contributed by atoms with E-state index in [4.69, 9.17) is 10.5 Å². The summed E-state index contributed by atoms with van der Waals surface area (Å²) in [4.78, 5) is 31.7. The van der Waals surface area contributed by atoms with Gasteiger partial charge in [-0.25, -0.2) is 4.98 Å². The minimum absolute atomic E-state index is 0.0124. The Morgan fingerprint density at radius 1 is 1.58 bits per heavy atom. The van der Waals surface area contributed by atoms with Crippen LogP contribution in [0.2, 0.25) is 0 Å². The van der Waals surface area contributed by atoms with E-state index < -0.39 is 0 Å². The average molecular weight is 284 g/mol. The number of nitrogens with one attached hydrogen (secondary N) is 1. The number of rotatable bonds is 3. The van der Waals surface area contributed by atoms with Crippen molar-refractivity contribution in [3.05, 3.63) is 16.4 Å². The largest absolute Gasteiger partial charge is 0.383 e. The normalized spacial score (nSPS) is 17.2. The van der Waals surface area contributed by atoms with Gasteiger partial charge in [0.25, 0.3) is 5.56 Å². The fourth-order valence-corrected chi connectivity index (χ4v) is 2.67. The molecule has 1 fully saturated rings. The molecule has 0 aromatic carbocycles. The first kappa shape index (κ1) is 13.9. The van der Waals surface area contributed by atoms with E-state index in [1.807, 2.05) is 0 Å². The lowest BCUT2D eigenvalue weighted by atomic mass is 10.3. The summed E-state index contributed by atoms with van der Waals surface area (Å²) in [6.07, 6.45) is 0. The Morgan fingerprint density at radius 3 is 2.89 bits per heavy atom. The second kappa shape index (κ2) is 6.07. The van der Waals surface area contributed by atoms with Gasteiger partial charge >= 0.3 is 0 Å². The number of nitrogen functional groups attached to an aromatic ring is 1. The predicted molar refractivity (Wildman–Crippen MR) is 72.0 cm³/mol.